The van der Waals surface area contributed by atoms with Crippen molar-refractivity contribution in [3.05, 3.63) is 47.8 Å². The van der Waals surface area contributed by atoms with Gasteiger partial charge in [0.1, 0.15) is 18.8 Å². The van der Waals surface area contributed by atoms with Crippen LogP contribution in [0.3, 0.4) is 0 Å². The van der Waals surface area contributed by atoms with Crippen molar-refractivity contribution >= 4 is 67.1 Å². The molecule has 1 aliphatic rings. The molecule has 2 heterocycles. The molecule has 188 valence electrons. The average molecular weight is 563 g/mol. The minimum atomic E-state index is -4.01. The number of ether oxygens (including phenoxy) is 2. The van der Waals surface area contributed by atoms with E-state index in [1.807, 2.05) is 0 Å². The largest absolute Gasteiger partial charge is 0.627 e. The van der Waals surface area contributed by atoms with Crippen molar-refractivity contribution in [1.82, 2.24) is 14.5 Å². The van der Waals surface area contributed by atoms with Gasteiger partial charge in [0, 0.05) is 23.2 Å². The van der Waals surface area contributed by atoms with Crippen molar-refractivity contribution in [1.29, 1.82) is 0 Å². The van der Waals surface area contributed by atoms with Crippen LogP contribution in [0.25, 0.3) is 10.9 Å². The Kier molecular flexibility index (Phi) is 6.91. The van der Waals surface area contributed by atoms with Crippen LogP contribution in [0.2, 0.25) is 0 Å². The summed E-state index contributed by atoms with van der Waals surface area (Å²) in [4.78, 5) is 16.5. The van der Waals surface area contributed by atoms with Gasteiger partial charge in [0.2, 0.25) is 9.84 Å². The van der Waals surface area contributed by atoms with Crippen molar-refractivity contribution in [3.8, 4) is 11.5 Å². The standard InChI is InChI=1S/C22H22Cl3N3O6S/c1-33-14-3-5-17-16(11-14)20(13-26-17)35(31,32)15-4-6-19(34-2)18(12-15)28(30)9-7-27(8-10-28)21(29)22(23,24)25/h3-6,11-13,26H,7-10H2,1-2H3. The molecule has 0 spiro atoms. The Labute approximate surface area is 217 Å². The Hall–Kier alpha value is -2.21. The molecular formula is C22H22Cl3N3O6S. The molecule has 9 nitrogen and oxygen atoms in total. The quantitative estimate of drug-likeness (QED) is 0.285. The van der Waals surface area contributed by atoms with Gasteiger partial charge in [-0.05, 0) is 30.3 Å². The Balaban J connectivity index is 1.71. The fraction of sp³-hybridized carbons (Fsp3) is 0.318. The average Bonchev–Trinajstić information content (AvgIpc) is 3.27. The second kappa shape index (κ2) is 9.34. The number of nitrogens with zero attached hydrogens (tertiary/aromatic N) is 2. The van der Waals surface area contributed by atoms with Crippen molar-refractivity contribution in [3.63, 3.8) is 0 Å². The number of piperazine rings is 1. The fourth-order valence-corrected chi connectivity index (χ4v) is 5.92. The minimum absolute atomic E-state index is 0.0264. The molecule has 2 aromatic carbocycles. The van der Waals surface area contributed by atoms with E-state index in [1.165, 1.54) is 43.5 Å². The molecule has 3 aromatic rings. The molecule has 0 atom stereocenters. The zero-order chi connectivity index (χ0) is 25.6. The summed E-state index contributed by atoms with van der Waals surface area (Å²) in [5.41, 5.74) is 0.757. The third-order valence-corrected chi connectivity index (χ3v) is 8.31. The third-order valence-electron chi connectivity index (χ3n) is 6.03. The van der Waals surface area contributed by atoms with E-state index in [1.54, 1.807) is 18.2 Å². The Morgan fingerprint density at radius 3 is 2.37 bits per heavy atom. The number of fused-ring (bicyclic) bond motifs is 1. The predicted octanol–water partition coefficient (Wildman–Crippen LogP) is 4.04. The van der Waals surface area contributed by atoms with Crippen molar-refractivity contribution in [2.45, 2.75) is 13.6 Å². The van der Waals surface area contributed by atoms with Crippen LogP contribution in [0.1, 0.15) is 0 Å². The number of quaternary nitrogens is 1. The SMILES string of the molecule is COc1ccc2[nH]cc(S(=O)(=O)c3ccc(OC)c([N+]4([O-])CCN(C(=O)C(Cl)(Cl)Cl)CC4)c3)c2c1. The molecule has 0 saturated carbocycles. The number of alkyl halides is 3. The maximum atomic E-state index is 13.8. The predicted molar refractivity (Wildman–Crippen MR) is 135 cm³/mol. The Morgan fingerprint density at radius 2 is 1.77 bits per heavy atom. The number of H-pyrrole nitrogens is 1. The van der Waals surface area contributed by atoms with Gasteiger partial charge in [0.15, 0.2) is 11.4 Å². The van der Waals surface area contributed by atoms with Gasteiger partial charge in [-0.2, -0.15) is 0 Å². The second-order valence-electron chi connectivity index (χ2n) is 8.03. The van der Waals surface area contributed by atoms with Gasteiger partial charge in [0.05, 0.1) is 37.1 Å². The molecule has 0 unspecified atom stereocenters. The third kappa shape index (κ3) is 4.78. The maximum Gasteiger partial charge on any atom is 0.275 e. The fourth-order valence-electron chi connectivity index (χ4n) is 4.12. The van der Waals surface area contributed by atoms with Crippen LogP contribution in [0, 0.1) is 5.21 Å². The number of amides is 1. The highest BCUT2D eigenvalue weighted by Crippen LogP contribution is 2.39. The highest BCUT2D eigenvalue weighted by atomic mass is 35.6. The number of carbonyl (C=O) groups excluding carboxylic acids is 1. The van der Waals surface area contributed by atoms with Gasteiger partial charge >= 0.3 is 0 Å². The topological polar surface area (TPSA) is 112 Å². The van der Waals surface area contributed by atoms with E-state index < -0.39 is 24.2 Å². The highest BCUT2D eigenvalue weighted by Gasteiger charge is 2.40. The molecule has 0 bridgehead atoms. The number of hydrogen-bond acceptors (Lipinski definition) is 6. The normalized spacial score (nSPS) is 16.3. The van der Waals surface area contributed by atoms with Crippen molar-refractivity contribution in [2.24, 2.45) is 0 Å². The summed E-state index contributed by atoms with van der Waals surface area (Å²) in [6, 6.07) is 9.25. The van der Waals surface area contributed by atoms with Crippen LogP contribution in [-0.4, -0.2) is 68.4 Å². The van der Waals surface area contributed by atoms with Gasteiger partial charge < -0.3 is 29.2 Å². The highest BCUT2D eigenvalue weighted by molar-refractivity contribution is 7.91. The molecule has 1 aromatic heterocycles. The van der Waals surface area contributed by atoms with Crippen LogP contribution < -0.4 is 14.1 Å². The summed E-state index contributed by atoms with van der Waals surface area (Å²) in [6.07, 6.45) is 1.41. The van der Waals surface area contributed by atoms with Crippen LogP contribution in [-0.2, 0) is 14.6 Å². The first-order chi connectivity index (χ1) is 16.4. The zero-order valence-electron chi connectivity index (χ0n) is 18.8. The van der Waals surface area contributed by atoms with Gasteiger partial charge in [-0.3, -0.25) is 4.79 Å². The summed E-state index contributed by atoms with van der Waals surface area (Å²) in [7, 11) is -1.12. The Bertz CT molecular complexity index is 1380. The monoisotopic (exact) mass is 561 g/mol. The second-order valence-corrected chi connectivity index (χ2v) is 12.2. The molecule has 4 rings (SSSR count). The van der Waals surface area contributed by atoms with Crippen LogP contribution in [0.15, 0.2) is 52.4 Å². The number of carbonyl (C=O) groups is 1. The number of hydroxylamine groups is 2. The first-order valence-corrected chi connectivity index (χ1v) is 13.1. The van der Waals surface area contributed by atoms with Gasteiger partial charge in [-0.15, -0.1) is 0 Å². The molecule has 13 heteroatoms. The van der Waals surface area contributed by atoms with Crippen molar-refractivity contribution in [2.75, 3.05) is 40.4 Å². The molecule has 35 heavy (non-hydrogen) atoms. The lowest BCUT2D eigenvalue weighted by Crippen LogP contribution is -2.59. The summed E-state index contributed by atoms with van der Waals surface area (Å²) >= 11 is 17.1. The molecule has 1 fully saturated rings. The number of halogens is 3. The number of rotatable bonds is 5. The molecule has 1 saturated heterocycles. The molecule has 1 N–H and O–H groups in total. The number of nitrogens with one attached hydrogen (secondary N) is 1. The lowest BCUT2D eigenvalue weighted by atomic mass is 10.2. The number of hydrogen-bond donors (Lipinski definition) is 1. The molecule has 0 aliphatic carbocycles. The van der Waals surface area contributed by atoms with Crippen molar-refractivity contribution < 1.29 is 22.7 Å². The number of aromatic nitrogens is 1. The first kappa shape index (κ1) is 25.9. The summed E-state index contributed by atoms with van der Waals surface area (Å²) in [5.74, 6) is 0.0304. The van der Waals surface area contributed by atoms with Crippen LogP contribution >= 0.6 is 34.8 Å². The van der Waals surface area contributed by atoms with Crippen LogP contribution in [0.4, 0.5) is 5.69 Å². The molecule has 1 amide bonds. The maximum absolute atomic E-state index is 13.8. The smallest absolute Gasteiger partial charge is 0.275 e. The van der Waals surface area contributed by atoms with Gasteiger partial charge in [-0.1, -0.05) is 34.8 Å². The van der Waals surface area contributed by atoms with E-state index in [0.29, 0.717) is 16.7 Å². The molecule has 1 aliphatic heterocycles. The zero-order valence-corrected chi connectivity index (χ0v) is 21.8. The van der Waals surface area contributed by atoms with E-state index in [4.69, 9.17) is 44.3 Å². The number of methoxy groups -OCH3 is 2. The lowest BCUT2D eigenvalue weighted by molar-refractivity contribution is -0.131. The van der Waals surface area contributed by atoms with E-state index in [0.717, 1.165) is 0 Å². The van der Waals surface area contributed by atoms with E-state index in [2.05, 4.69) is 4.98 Å². The number of benzene rings is 2. The number of aromatic amines is 1. The lowest BCUT2D eigenvalue weighted by Gasteiger charge is -2.48. The van der Waals surface area contributed by atoms with Crippen LogP contribution in [0.5, 0.6) is 11.5 Å². The number of sulfone groups is 1. The molecule has 0 radical (unpaired) electrons. The Morgan fingerprint density at radius 1 is 1.09 bits per heavy atom. The summed E-state index contributed by atoms with van der Waals surface area (Å²) < 4.78 is 34.8. The summed E-state index contributed by atoms with van der Waals surface area (Å²) in [6.45, 7) is -0.0928. The van der Waals surface area contributed by atoms with E-state index in [9.17, 15) is 18.4 Å². The minimum Gasteiger partial charge on any atom is -0.627 e. The van der Waals surface area contributed by atoms with E-state index in [-0.39, 0.29) is 47.4 Å². The van der Waals surface area contributed by atoms with Gasteiger partial charge in [0.25, 0.3) is 9.70 Å². The summed E-state index contributed by atoms with van der Waals surface area (Å²) in [5, 5.41) is 14.3. The van der Waals surface area contributed by atoms with Gasteiger partial charge in [-0.25, -0.2) is 8.42 Å². The first-order valence-electron chi connectivity index (χ1n) is 10.4. The van der Waals surface area contributed by atoms with E-state index >= 15 is 0 Å². The molecular weight excluding hydrogens is 541 g/mol.